The van der Waals surface area contributed by atoms with E-state index in [9.17, 15) is 0 Å². The van der Waals surface area contributed by atoms with Crippen LogP contribution in [0.3, 0.4) is 0 Å². The largest absolute Gasteiger partial charge is 0.396 e. The van der Waals surface area contributed by atoms with Crippen molar-refractivity contribution < 1.29 is 10.2 Å². The van der Waals surface area contributed by atoms with Crippen molar-refractivity contribution in [3.8, 4) is 0 Å². The van der Waals surface area contributed by atoms with E-state index < -0.39 is 0 Å². The second-order valence-corrected chi connectivity index (χ2v) is 3.12. The van der Waals surface area contributed by atoms with E-state index in [0.29, 0.717) is 6.54 Å². The third kappa shape index (κ3) is 3.36. The van der Waals surface area contributed by atoms with Crippen LogP contribution >= 0.6 is 0 Å². The number of hydrogen-bond donors (Lipinski definition) is 2. The fourth-order valence-corrected chi connectivity index (χ4v) is 1.39. The Hall–Kier alpha value is -1.06. The third-order valence-corrected chi connectivity index (χ3v) is 2.08. The quantitative estimate of drug-likeness (QED) is 0.708. The van der Waals surface area contributed by atoms with Gasteiger partial charge in [0.25, 0.3) is 0 Å². The summed E-state index contributed by atoms with van der Waals surface area (Å²) in [7, 11) is 0. The molecule has 0 amide bonds. The monoisotopic (exact) mass is 195 g/mol. The Labute approximate surface area is 84.6 Å². The summed E-state index contributed by atoms with van der Waals surface area (Å²) in [6, 6.07) is 9.92. The second kappa shape index (κ2) is 6.40. The van der Waals surface area contributed by atoms with Crippen LogP contribution in [0.25, 0.3) is 0 Å². The van der Waals surface area contributed by atoms with Crippen LogP contribution in [0.4, 0.5) is 5.69 Å². The smallest absolute Gasteiger partial charge is 0.0606 e. The van der Waals surface area contributed by atoms with Gasteiger partial charge in [0, 0.05) is 25.4 Å². The second-order valence-electron chi connectivity index (χ2n) is 3.12. The van der Waals surface area contributed by atoms with Crippen molar-refractivity contribution in [1.82, 2.24) is 0 Å². The van der Waals surface area contributed by atoms with E-state index in [1.807, 2.05) is 30.3 Å². The molecule has 3 heteroatoms. The van der Waals surface area contributed by atoms with Gasteiger partial charge in [0.1, 0.15) is 0 Å². The summed E-state index contributed by atoms with van der Waals surface area (Å²) in [6.45, 7) is 1.72. The number of anilines is 1. The minimum atomic E-state index is 0.139. The van der Waals surface area contributed by atoms with Gasteiger partial charge in [-0.05, 0) is 18.6 Å². The van der Waals surface area contributed by atoms with Crippen LogP contribution in [0.2, 0.25) is 0 Å². The Bertz CT molecular complexity index is 238. The Morgan fingerprint density at radius 1 is 0.929 bits per heavy atom. The van der Waals surface area contributed by atoms with Gasteiger partial charge in [-0.15, -0.1) is 0 Å². The van der Waals surface area contributed by atoms with E-state index in [1.54, 1.807) is 0 Å². The molecule has 1 aromatic rings. The average Bonchev–Trinajstić information content (AvgIpc) is 2.25. The Morgan fingerprint density at radius 3 is 2.21 bits per heavy atom. The van der Waals surface area contributed by atoms with Crippen molar-refractivity contribution in [1.29, 1.82) is 0 Å². The molecule has 3 nitrogen and oxygen atoms in total. The molecule has 0 aliphatic carbocycles. The van der Waals surface area contributed by atoms with Gasteiger partial charge in [-0.1, -0.05) is 18.2 Å². The van der Waals surface area contributed by atoms with Crippen molar-refractivity contribution in [2.24, 2.45) is 0 Å². The standard InChI is InChI=1S/C11H17NO2/c13-9-4-7-12(8-10-14)11-5-2-1-3-6-11/h1-3,5-6,13-14H,4,7-10H2. The highest BCUT2D eigenvalue weighted by atomic mass is 16.3. The number of aliphatic hydroxyl groups is 2. The van der Waals surface area contributed by atoms with E-state index in [2.05, 4.69) is 4.90 Å². The summed E-state index contributed by atoms with van der Waals surface area (Å²) in [5.74, 6) is 0. The molecule has 0 bridgehead atoms. The SMILES string of the molecule is OCCCN(CCO)c1ccccc1. The molecule has 0 atom stereocenters. The number of rotatable bonds is 6. The number of hydrogen-bond acceptors (Lipinski definition) is 3. The summed E-state index contributed by atoms with van der Waals surface area (Å²) in [5.41, 5.74) is 1.09. The Balaban J connectivity index is 2.58. The lowest BCUT2D eigenvalue weighted by Crippen LogP contribution is -2.28. The average molecular weight is 195 g/mol. The third-order valence-electron chi connectivity index (χ3n) is 2.08. The molecule has 78 valence electrons. The minimum Gasteiger partial charge on any atom is -0.396 e. The maximum atomic E-state index is 8.89. The molecule has 0 aliphatic heterocycles. The van der Waals surface area contributed by atoms with Crippen LogP contribution in [-0.2, 0) is 0 Å². The van der Waals surface area contributed by atoms with Crippen molar-refractivity contribution in [3.05, 3.63) is 30.3 Å². The van der Waals surface area contributed by atoms with Gasteiger partial charge < -0.3 is 15.1 Å². The van der Waals surface area contributed by atoms with Gasteiger partial charge in [-0.2, -0.15) is 0 Å². The lowest BCUT2D eigenvalue weighted by molar-refractivity contribution is 0.281. The van der Waals surface area contributed by atoms with E-state index in [1.165, 1.54) is 0 Å². The first-order chi connectivity index (χ1) is 6.88. The summed E-state index contributed by atoms with van der Waals surface area (Å²) in [5, 5.41) is 17.6. The van der Waals surface area contributed by atoms with E-state index in [-0.39, 0.29) is 13.2 Å². The molecule has 0 spiro atoms. The topological polar surface area (TPSA) is 43.7 Å². The maximum Gasteiger partial charge on any atom is 0.0606 e. The summed E-state index contributed by atoms with van der Waals surface area (Å²) < 4.78 is 0. The number of para-hydroxylation sites is 1. The first kappa shape index (κ1) is 11.0. The van der Waals surface area contributed by atoms with Gasteiger partial charge in [0.2, 0.25) is 0 Å². The molecule has 0 unspecified atom stereocenters. The summed E-state index contributed by atoms with van der Waals surface area (Å²) in [4.78, 5) is 2.07. The first-order valence-electron chi connectivity index (χ1n) is 4.90. The molecule has 0 heterocycles. The molecule has 0 aromatic heterocycles. The van der Waals surface area contributed by atoms with Gasteiger partial charge in [-0.25, -0.2) is 0 Å². The minimum absolute atomic E-state index is 0.139. The summed E-state index contributed by atoms with van der Waals surface area (Å²) >= 11 is 0. The molecule has 0 fully saturated rings. The van der Waals surface area contributed by atoms with Crippen molar-refractivity contribution in [2.45, 2.75) is 6.42 Å². The van der Waals surface area contributed by atoms with Crippen molar-refractivity contribution in [2.75, 3.05) is 31.2 Å². The zero-order chi connectivity index (χ0) is 10.2. The number of nitrogens with zero attached hydrogens (tertiary/aromatic N) is 1. The van der Waals surface area contributed by atoms with Crippen LogP contribution in [0.5, 0.6) is 0 Å². The first-order valence-corrected chi connectivity index (χ1v) is 4.90. The predicted octanol–water partition coefficient (Wildman–Crippen LogP) is 0.868. The van der Waals surface area contributed by atoms with Crippen LogP contribution in [0.1, 0.15) is 6.42 Å². The lowest BCUT2D eigenvalue weighted by Gasteiger charge is -2.23. The van der Waals surface area contributed by atoms with Crippen molar-refractivity contribution >= 4 is 5.69 Å². The molecule has 1 aromatic carbocycles. The lowest BCUT2D eigenvalue weighted by atomic mass is 10.2. The molecule has 0 aliphatic rings. The molecular weight excluding hydrogens is 178 g/mol. The summed E-state index contributed by atoms with van der Waals surface area (Å²) in [6.07, 6.45) is 0.731. The Morgan fingerprint density at radius 2 is 1.64 bits per heavy atom. The van der Waals surface area contributed by atoms with Crippen LogP contribution in [0.15, 0.2) is 30.3 Å². The predicted molar refractivity (Wildman–Crippen MR) is 57.4 cm³/mol. The van der Waals surface area contributed by atoms with Crippen LogP contribution in [0, 0.1) is 0 Å². The fourth-order valence-electron chi connectivity index (χ4n) is 1.39. The molecular formula is C11H17NO2. The van der Waals surface area contributed by atoms with E-state index >= 15 is 0 Å². The number of aliphatic hydroxyl groups excluding tert-OH is 2. The van der Waals surface area contributed by atoms with E-state index in [4.69, 9.17) is 10.2 Å². The zero-order valence-electron chi connectivity index (χ0n) is 8.26. The van der Waals surface area contributed by atoms with Gasteiger partial charge in [0.05, 0.1) is 6.61 Å². The van der Waals surface area contributed by atoms with Crippen molar-refractivity contribution in [3.63, 3.8) is 0 Å². The number of benzene rings is 1. The molecule has 14 heavy (non-hydrogen) atoms. The molecule has 1 rings (SSSR count). The maximum absolute atomic E-state index is 8.89. The normalized spacial score (nSPS) is 10.1. The molecule has 2 N–H and O–H groups in total. The molecule has 0 saturated carbocycles. The van der Waals surface area contributed by atoms with Crippen LogP contribution < -0.4 is 4.90 Å². The van der Waals surface area contributed by atoms with Gasteiger partial charge >= 0.3 is 0 Å². The van der Waals surface area contributed by atoms with Crippen LogP contribution in [-0.4, -0.2) is 36.5 Å². The fraction of sp³-hybridized carbons (Fsp3) is 0.455. The highest BCUT2D eigenvalue weighted by Crippen LogP contribution is 2.12. The molecule has 0 radical (unpaired) electrons. The van der Waals surface area contributed by atoms with Gasteiger partial charge in [-0.3, -0.25) is 0 Å². The molecule has 0 saturated heterocycles. The zero-order valence-corrected chi connectivity index (χ0v) is 8.26. The van der Waals surface area contributed by atoms with Gasteiger partial charge in [0.15, 0.2) is 0 Å². The Kier molecular flexibility index (Phi) is 5.04. The highest BCUT2D eigenvalue weighted by Gasteiger charge is 2.03. The van der Waals surface area contributed by atoms with E-state index in [0.717, 1.165) is 18.7 Å². The highest BCUT2D eigenvalue weighted by molar-refractivity contribution is 5.45.